The standard InChI is InChI=1S/C16H19Cl2N3O2.ClH/c17-11-4-5-13(12(18)7-11)20-15(22)14-3-1-2-6-21(14)16(23)10-8-19-9-10;/h4-5,7,10,14,19H,1-3,6,8-9H2,(H,20,22);1H. The van der Waals surface area contributed by atoms with Gasteiger partial charge in [-0.1, -0.05) is 23.2 Å². The average Bonchev–Trinajstić information content (AvgIpc) is 2.48. The second-order valence-corrected chi connectivity index (χ2v) is 6.86. The third-order valence-electron chi connectivity index (χ3n) is 4.41. The number of anilines is 1. The predicted octanol–water partition coefficient (Wildman–Crippen LogP) is 2.95. The van der Waals surface area contributed by atoms with Crippen molar-refractivity contribution in [2.75, 3.05) is 25.0 Å². The van der Waals surface area contributed by atoms with E-state index in [4.69, 9.17) is 23.2 Å². The third kappa shape index (κ3) is 4.14. The van der Waals surface area contributed by atoms with E-state index in [0.29, 0.717) is 41.8 Å². The number of amides is 2. The largest absolute Gasteiger partial charge is 0.330 e. The summed E-state index contributed by atoms with van der Waals surface area (Å²) in [4.78, 5) is 26.9. The molecular weight excluding hydrogens is 373 g/mol. The van der Waals surface area contributed by atoms with Gasteiger partial charge in [0.05, 0.1) is 16.6 Å². The maximum absolute atomic E-state index is 12.6. The molecule has 2 N–H and O–H groups in total. The fraction of sp³-hybridized carbons (Fsp3) is 0.500. The van der Waals surface area contributed by atoms with Gasteiger partial charge in [0.25, 0.3) is 0 Å². The molecule has 0 radical (unpaired) electrons. The summed E-state index contributed by atoms with van der Waals surface area (Å²) in [5.74, 6) is -0.108. The average molecular weight is 393 g/mol. The topological polar surface area (TPSA) is 61.4 Å². The van der Waals surface area contributed by atoms with E-state index in [1.165, 1.54) is 0 Å². The van der Waals surface area contributed by atoms with Crippen LogP contribution < -0.4 is 10.6 Å². The first-order valence-corrected chi connectivity index (χ1v) is 8.59. The van der Waals surface area contributed by atoms with Crippen molar-refractivity contribution >= 4 is 53.1 Å². The van der Waals surface area contributed by atoms with Crippen LogP contribution in [0.1, 0.15) is 19.3 Å². The number of hydrogen-bond donors (Lipinski definition) is 2. The second-order valence-electron chi connectivity index (χ2n) is 6.01. The van der Waals surface area contributed by atoms with Gasteiger partial charge in [0.1, 0.15) is 6.04 Å². The van der Waals surface area contributed by atoms with E-state index < -0.39 is 6.04 Å². The highest BCUT2D eigenvalue weighted by molar-refractivity contribution is 6.36. The zero-order valence-corrected chi connectivity index (χ0v) is 15.4. The van der Waals surface area contributed by atoms with Crippen LogP contribution in [0.5, 0.6) is 0 Å². The zero-order valence-electron chi connectivity index (χ0n) is 13.1. The van der Waals surface area contributed by atoms with E-state index >= 15 is 0 Å². The fourth-order valence-corrected chi connectivity index (χ4v) is 3.43. The molecule has 1 atom stereocenters. The summed E-state index contributed by atoms with van der Waals surface area (Å²) in [5, 5.41) is 6.83. The van der Waals surface area contributed by atoms with Crippen molar-refractivity contribution in [2.24, 2.45) is 5.92 Å². The van der Waals surface area contributed by atoms with Gasteiger partial charge in [0.2, 0.25) is 11.8 Å². The van der Waals surface area contributed by atoms with Crippen LogP contribution in [0.2, 0.25) is 10.0 Å². The molecule has 0 aliphatic carbocycles. The first kappa shape index (κ1) is 19.3. The Morgan fingerprint density at radius 1 is 1.21 bits per heavy atom. The Morgan fingerprint density at radius 3 is 2.58 bits per heavy atom. The van der Waals surface area contributed by atoms with Crippen LogP contribution >= 0.6 is 35.6 Å². The molecule has 2 saturated heterocycles. The highest BCUT2D eigenvalue weighted by Crippen LogP contribution is 2.27. The first-order chi connectivity index (χ1) is 11.1. The molecule has 0 aromatic heterocycles. The van der Waals surface area contributed by atoms with E-state index in [-0.39, 0.29) is 30.1 Å². The van der Waals surface area contributed by atoms with Gasteiger partial charge in [-0.2, -0.15) is 0 Å². The molecule has 132 valence electrons. The van der Waals surface area contributed by atoms with Crippen molar-refractivity contribution in [3.8, 4) is 0 Å². The summed E-state index contributed by atoms with van der Waals surface area (Å²) in [7, 11) is 0. The molecule has 1 aromatic carbocycles. The minimum absolute atomic E-state index is 0. The lowest BCUT2D eigenvalue weighted by atomic mass is 9.95. The van der Waals surface area contributed by atoms with Crippen LogP contribution in [0.3, 0.4) is 0 Å². The summed E-state index contributed by atoms with van der Waals surface area (Å²) in [5.41, 5.74) is 0.518. The maximum Gasteiger partial charge on any atom is 0.247 e. The van der Waals surface area contributed by atoms with Crippen molar-refractivity contribution in [3.63, 3.8) is 0 Å². The Labute approximate surface area is 157 Å². The van der Waals surface area contributed by atoms with E-state index in [2.05, 4.69) is 10.6 Å². The number of nitrogens with one attached hydrogen (secondary N) is 2. The Morgan fingerprint density at radius 2 is 1.96 bits per heavy atom. The van der Waals surface area contributed by atoms with Crippen molar-refractivity contribution in [1.29, 1.82) is 0 Å². The van der Waals surface area contributed by atoms with Crippen molar-refractivity contribution in [1.82, 2.24) is 10.2 Å². The van der Waals surface area contributed by atoms with Gasteiger partial charge in [-0.15, -0.1) is 12.4 Å². The van der Waals surface area contributed by atoms with Crippen molar-refractivity contribution in [2.45, 2.75) is 25.3 Å². The number of piperidine rings is 1. The molecule has 2 heterocycles. The van der Waals surface area contributed by atoms with Crippen LogP contribution in [-0.4, -0.2) is 42.4 Å². The number of nitrogens with zero attached hydrogens (tertiary/aromatic N) is 1. The van der Waals surface area contributed by atoms with Crippen LogP contribution in [0.15, 0.2) is 18.2 Å². The molecule has 3 rings (SSSR count). The molecule has 1 aromatic rings. The van der Waals surface area contributed by atoms with Gasteiger partial charge >= 0.3 is 0 Å². The number of carbonyl (C=O) groups excluding carboxylic acids is 2. The maximum atomic E-state index is 12.6. The summed E-state index contributed by atoms with van der Waals surface area (Å²) in [6.45, 7) is 2.04. The molecule has 8 heteroatoms. The number of halogens is 3. The van der Waals surface area contributed by atoms with E-state index in [1.54, 1.807) is 23.1 Å². The zero-order chi connectivity index (χ0) is 16.4. The summed E-state index contributed by atoms with van der Waals surface area (Å²) in [6, 6.07) is 4.51. The molecule has 5 nitrogen and oxygen atoms in total. The summed E-state index contributed by atoms with van der Waals surface area (Å²) < 4.78 is 0. The number of benzene rings is 1. The number of carbonyl (C=O) groups is 2. The highest BCUT2D eigenvalue weighted by Gasteiger charge is 2.37. The van der Waals surface area contributed by atoms with Crippen LogP contribution in [0.25, 0.3) is 0 Å². The predicted molar refractivity (Wildman–Crippen MR) is 98.1 cm³/mol. The van der Waals surface area contributed by atoms with Gasteiger partial charge < -0.3 is 15.5 Å². The Hall–Kier alpha value is -1.01. The second kappa shape index (κ2) is 8.39. The van der Waals surface area contributed by atoms with E-state index in [9.17, 15) is 9.59 Å². The Kier molecular flexibility index (Phi) is 6.75. The lowest BCUT2D eigenvalue weighted by molar-refractivity contribution is -0.145. The Bertz CT molecular complexity index is 623. The molecule has 1 unspecified atom stereocenters. The normalized spacial score (nSPS) is 20.8. The molecule has 2 aliphatic rings. The van der Waals surface area contributed by atoms with Crippen molar-refractivity contribution < 1.29 is 9.59 Å². The SMILES string of the molecule is Cl.O=C(Nc1ccc(Cl)cc1Cl)C1CCCCN1C(=O)C1CNC1. The monoisotopic (exact) mass is 391 g/mol. The van der Waals surface area contributed by atoms with Crippen LogP contribution in [0.4, 0.5) is 5.69 Å². The molecule has 2 fully saturated rings. The van der Waals surface area contributed by atoms with Gasteiger partial charge in [0.15, 0.2) is 0 Å². The number of rotatable bonds is 3. The highest BCUT2D eigenvalue weighted by atomic mass is 35.5. The fourth-order valence-electron chi connectivity index (χ4n) is 2.97. The lowest BCUT2D eigenvalue weighted by Gasteiger charge is -2.39. The summed E-state index contributed by atoms with van der Waals surface area (Å²) >= 11 is 12.0. The quantitative estimate of drug-likeness (QED) is 0.831. The minimum atomic E-state index is -0.427. The molecule has 0 saturated carbocycles. The van der Waals surface area contributed by atoms with E-state index in [1.807, 2.05) is 0 Å². The number of hydrogen-bond acceptors (Lipinski definition) is 3. The van der Waals surface area contributed by atoms with E-state index in [0.717, 1.165) is 12.8 Å². The third-order valence-corrected chi connectivity index (χ3v) is 4.96. The van der Waals surface area contributed by atoms with Gasteiger partial charge in [-0.25, -0.2) is 0 Å². The van der Waals surface area contributed by atoms with Gasteiger partial charge in [0, 0.05) is 24.7 Å². The van der Waals surface area contributed by atoms with Crippen LogP contribution in [0, 0.1) is 5.92 Å². The Balaban J connectivity index is 0.00000208. The molecule has 2 amide bonds. The van der Waals surface area contributed by atoms with Gasteiger partial charge in [-0.3, -0.25) is 9.59 Å². The first-order valence-electron chi connectivity index (χ1n) is 7.83. The van der Waals surface area contributed by atoms with Gasteiger partial charge in [-0.05, 0) is 37.5 Å². The smallest absolute Gasteiger partial charge is 0.247 e. The molecule has 24 heavy (non-hydrogen) atoms. The van der Waals surface area contributed by atoms with Crippen molar-refractivity contribution in [3.05, 3.63) is 28.2 Å². The molecule has 0 spiro atoms. The molecule has 0 bridgehead atoms. The molecule has 2 aliphatic heterocycles. The summed E-state index contributed by atoms with van der Waals surface area (Å²) in [6.07, 6.45) is 2.57. The van der Waals surface area contributed by atoms with Crippen LogP contribution in [-0.2, 0) is 9.59 Å². The molecular formula is C16H20Cl3N3O2. The minimum Gasteiger partial charge on any atom is -0.330 e. The number of likely N-dealkylation sites (tertiary alicyclic amines) is 1. The lowest BCUT2D eigenvalue weighted by Crippen LogP contribution is -2.57.